The molecule has 1 aromatic heterocycles. The second kappa shape index (κ2) is 4.88. The molecule has 4 nitrogen and oxygen atoms in total. The summed E-state index contributed by atoms with van der Waals surface area (Å²) in [5, 5.41) is 1.24. The van der Waals surface area contributed by atoms with Gasteiger partial charge >= 0.3 is 0 Å². The van der Waals surface area contributed by atoms with E-state index >= 15 is 0 Å². The maximum Gasteiger partial charge on any atom is 0.200 e. The first-order valence-corrected chi connectivity index (χ1v) is 7.57. The van der Waals surface area contributed by atoms with E-state index < -0.39 is 0 Å². The molecular weight excluding hydrogens is 290 g/mol. The number of nitrogens with one attached hydrogen (secondary N) is 1. The fourth-order valence-corrected chi connectivity index (χ4v) is 3.22. The molecule has 1 aliphatic heterocycles. The van der Waals surface area contributed by atoms with Crippen molar-refractivity contribution < 1.29 is 9.47 Å². The summed E-state index contributed by atoms with van der Waals surface area (Å²) in [4.78, 5) is 16.3. The maximum absolute atomic E-state index is 12.9. The van der Waals surface area contributed by atoms with Crippen LogP contribution in [0.25, 0.3) is 21.8 Å². The van der Waals surface area contributed by atoms with E-state index in [1.807, 2.05) is 37.3 Å². The minimum Gasteiger partial charge on any atom is -0.496 e. The van der Waals surface area contributed by atoms with Gasteiger partial charge in [-0.3, -0.25) is 4.79 Å². The number of pyridine rings is 1. The van der Waals surface area contributed by atoms with E-state index in [0.29, 0.717) is 22.9 Å². The topological polar surface area (TPSA) is 51.3 Å². The highest BCUT2D eigenvalue weighted by Crippen LogP contribution is 2.40. The van der Waals surface area contributed by atoms with Gasteiger partial charge in [-0.2, -0.15) is 0 Å². The van der Waals surface area contributed by atoms with Crippen LogP contribution < -0.4 is 14.9 Å². The van der Waals surface area contributed by atoms with E-state index in [4.69, 9.17) is 9.47 Å². The molecular formula is C19H17NO3. The Morgan fingerprint density at radius 1 is 1.39 bits per heavy atom. The van der Waals surface area contributed by atoms with Gasteiger partial charge < -0.3 is 14.5 Å². The number of methoxy groups -OCH3 is 1. The van der Waals surface area contributed by atoms with Crippen LogP contribution in [0.5, 0.6) is 11.5 Å². The second-order valence-electron chi connectivity index (χ2n) is 5.96. The quantitative estimate of drug-likeness (QED) is 0.581. The van der Waals surface area contributed by atoms with E-state index in [2.05, 4.69) is 11.6 Å². The Balaban J connectivity index is 2.12. The van der Waals surface area contributed by atoms with Gasteiger partial charge in [-0.25, -0.2) is 0 Å². The minimum absolute atomic E-state index is 0.0206. The first-order valence-electron chi connectivity index (χ1n) is 7.57. The number of aromatic nitrogens is 1. The van der Waals surface area contributed by atoms with Crippen LogP contribution >= 0.6 is 0 Å². The van der Waals surface area contributed by atoms with Crippen LogP contribution in [0.2, 0.25) is 0 Å². The molecule has 0 saturated carbocycles. The van der Waals surface area contributed by atoms with Crippen LogP contribution in [0.15, 0.2) is 47.3 Å². The molecule has 1 aliphatic rings. The molecule has 3 aromatic rings. The zero-order chi connectivity index (χ0) is 16.1. The predicted octanol–water partition coefficient (Wildman–Crippen LogP) is 3.57. The SMILES string of the molecule is C=C(C)C1Cc2c(cc(OC)c3c(=O)c4ccccc4[nH]c23)O1. The van der Waals surface area contributed by atoms with Crippen molar-refractivity contribution >= 4 is 21.8 Å². The van der Waals surface area contributed by atoms with Gasteiger partial charge in [0.2, 0.25) is 5.43 Å². The van der Waals surface area contributed by atoms with E-state index in [9.17, 15) is 4.79 Å². The van der Waals surface area contributed by atoms with Crippen molar-refractivity contribution in [3.05, 3.63) is 58.3 Å². The van der Waals surface area contributed by atoms with Crippen molar-refractivity contribution in [1.82, 2.24) is 4.98 Å². The fraction of sp³-hybridized carbons (Fsp3) is 0.211. The lowest BCUT2D eigenvalue weighted by atomic mass is 10.0. The molecule has 0 amide bonds. The van der Waals surface area contributed by atoms with Crippen molar-refractivity contribution in [2.24, 2.45) is 0 Å². The lowest BCUT2D eigenvalue weighted by Gasteiger charge is -2.11. The third kappa shape index (κ3) is 1.95. The normalized spacial score (nSPS) is 16.3. The Morgan fingerprint density at radius 2 is 2.17 bits per heavy atom. The Hall–Kier alpha value is -2.75. The highest BCUT2D eigenvalue weighted by atomic mass is 16.5. The molecule has 1 N–H and O–H groups in total. The summed E-state index contributed by atoms with van der Waals surface area (Å²) in [7, 11) is 1.57. The zero-order valence-corrected chi connectivity index (χ0v) is 13.1. The Bertz CT molecular complexity index is 1020. The van der Waals surface area contributed by atoms with Crippen molar-refractivity contribution in [1.29, 1.82) is 0 Å². The Kier molecular flexibility index (Phi) is 2.94. The average Bonchev–Trinajstić information content (AvgIpc) is 2.99. The van der Waals surface area contributed by atoms with Crippen LogP contribution in [0.3, 0.4) is 0 Å². The number of benzene rings is 2. The fourth-order valence-electron chi connectivity index (χ4n) is 3.22. The number of para-hydroxylation sites is 1. The molecule has 0 aliphatic carbocycles. The van der Waals surface area contributed by atoms with Crippen LogP contribution in [0.1, 0.15) is 12.5 Å². The van der Waals surface area contributed by atoms with Gasteiger partial charge in [0.05, 0.1) is 18.0 Å². The average molecular weight is 307 g/mol. The third-order valence-electron chi connectivity index (χ3n) is 4.44. The van der Waals surface area contributed by atoms with Gasteiger partial charge in [-0.1, -0.05) is 18.7 Å². The molecule has 4 heteroatoms. The van der Waals surface area contributed by atoms with E-state index in [0.717, 1.165) is 27.9 Å². The molecule has 0 saturated heterocycles. The number of aromatic amines is 1. The summed E-state index contributed by atoms with van der Waals surface area (Å²) in [6, 6.07) is 9.33. The van der Waals surface area contributed by atoms with Crippen LogP contribution in [-0.4, -0.2) is 18.2 Å². The standard InChI is InChI=1S/C19H17NO3/c1-10(2)14-8-12-15(23-14)9-16(22-3)17-18(12)20-13-7-5-4-6-11(13)19(17)21/h4-7,9,14H,1,8H2,2-3H3,(H,20,21). The lowest BCUT2D eigenvalue weighted by molar-refractivity contribution is 0.270. The van der Waals surface area contributed by atoms with Gasteiger partial charge in [0, 0.05) is 29.0 Å². The molecule has 23 heavy (non-hydrogen) atoms. The van der Waals surface area contributed by atoms with Gasteiger partial charge in [0.1, 0.15) is 17.6 Å². The van der Waals surface area contributed by atoms with Crippen LogP contribution in [-0.2, 0) is 6.42 Å². The molecule has 0 fully saturated rings. The van der Waals surface area contributed by atoms with E-state index in [1.54, 1.807) is 7.11 Å². The summed E-state index contributed by atoms with van der Waals surface area (Å²) in [5.41, 5.74) is 3.58. The minimum atomic E-state index is -0.0599. The lowest BCUT2D eigenvalue weighted by Crippen LogP contribution is -2.13. The van der Waals surface area contributed by atoms with E-state index in [1.165, 1.54) is 0 Å². The maximum atomic E-state index is 12.9. The van der Waals surface area contributed by atoms with Crippen molar-refractivity contribution in [3.8, 4) is 11.5 Å². The largest absolute Gasteiger partial charge is 0.496 e. The second-order valence-corrected chi connectivity index (χ2v) is 5.96. The summed E-state index contributed by atoms with van der Waals surface area (Å²) in [6.07, 6.45) is 0.648. The number of rotatable bonds is 2. The van der Waals surface area contributed by atoms with E-state index in [-0.39, 0.29) is 11.5 Å². The summed E-state index contributed by atoms with van der Waals surface area (Å²) >= 11 is 0. The summed E-state index contributed by atoms with van der Waals surface area (Å²) < 4.78 is 11.4. The monoisotopic (exact) mass is 307 g/mol. The smallest absolute Gasteiger partial charge is 0.200 e. The Morgan fingerprint density at radius 3 is 2.91 bits per heavy atom. The number of ether oxygens (including phenoxy) is 2. The molecule has 0 spiro atoms. The van der Waals surface area contributed by atoms with Gasteiger partial charge in [0.25, 0.3) is 0 Å². The number of hydrogen-bond acceptors (Lipinski definition) is 3. The molecule has 2 aromatic carbocycles. The summed E-state index contributed by atoms with van der Waals surface area (Å²) in [6.45, 7) is 5.93. The Labute approximate surface area is 133 Å². The molecule has 116 valence electrons. The predicted molar refractivity (Wildman–Crippen MR) is 91.6 cm³/mol. The molecule has 0 radical (unpaired) electrons. The number of hydrogen-bond donors (Lipinski definition) is 1. The highest BCUT2D eigenvalue weighted by molar-refractivity contribution is 5.98. The third-order valence-corrected chi connectivity index (χ3v) is 4.44. The number of fused-ring (bicyclic) bond motifs is 4. The molecule has 1 atom stereocenters. The van der Waals surface area contributed by atoms with Crippen molar-refractivity contribution in [2.45, 2.75) is 19.4 Å². The summed E-state index contributed by atoms with van der Waals surface area (Å²) in [5.74, 6) is 1.29. The van der Waals surface area contributed by atoms with Crippen LogP contribution in [0.4, 0.5) is 0 Å². The van der Waals surface area contributed by atoms with Gasteiger partial charge in [0.15, 0.2) is 0 Å². The van der Waals surface area contributed by atoms with Crippen molar-refractivity contribution in [2.75, 3.05) is 7.11 Å². The van der Waals surface area contributed by atoms with Gasteiger partial charge in [-0.05, 0) is 24.6 Å². The van der Waals surface area contributed by atoms with Crippen molar-refractivity contribution in [3.63, 3.8) is 0 Å². The first-order chi connectivity index (χ1) is 11.1. The van der Waals surface area contributed by atoms with Gasteiger partial charge in [-0.15, -0.1) is 0 Å². The first kappa shape index (κ1) is 13.9. The highest BCUT2D eigenvalue weighted by Gasteiger charge is 2.28. The molecule has 2 heterocycles. The molecule has 0 bridgehead atoms. The number of H-pyrrole nitrogens is 1. The molecule has 1 unspecified atom stereocenters. The molecule has 4 rings (SSSR count). The van der Waals surface area contributed by atoms with Crippen LogP contribution in [0, 0.1) is 0 Å². The zero-order valence-electron chi connectivity index (χ0n) is 13.1.